The predicted molar refractivity (Wildman–Crippen MR) is 109 cm³/mol. The van der Waals surface area contributed by atoms with E-state index in [0.717, 1.165) is 13.2 Å². The number of thioether (sulfide) groups is 1. The molecule has 0 aliphatic heterocycles. The fourth-order valence-corrected chi connectivity index (χ4v) is 5.29. The van der Waals surface area contributed by atoms with Crippen LogP contribution in [0.2, 0.25) is 6.04 Å². The predicted octanol–water partition coefficient (Wildman–Crippen LogP) is 6.32. The van der Waals surface area contributed by atoms with Crippen LogP contribution < -0.4 is 0 Å². The van der Waals surface area contributed by atoms with Crippen LogP contribution >= 0.6 is 11.8 Å². The van der Waals surface area contributed by atoms with Gasteiger partial charge in [0, 0.05) is 13.2 Å². The minimum atomic E-state index is -1.38. The molecule has 0 heterocycles. The third-order valence-electron chi connectivity index (χ3n) is 3.97. The Morgan fingerprint density at radius 1 is 0.609 bits per heavy atom. The minimum Gasteiger partial charge on any atom is -0.397 e. The summed E-state index contributed by atoms with van der Waals surface area (Å²) in [4.78, 5) is 0. The molecule has 0 radical (unpaired) electrons. The Balaban J connectivity index is 3.48. The van der Waals surface area contributed by atoms with Gasteiger partial charge in [0.25, 0.3) is 0 Å². The van der Waals surface area contributed by atoms with Crippen LogP contribution in [0.25, 0.3) is 0 Å². The van der Waals surface area contributed by atoms with Crippen molar-refractivity contribution in [3.8, 4) is 0 Å². The number of rotatable bonds is 19. The average molecular weight is 363 g/mol. The van der Waals surface area contributed by atoms with Crippen LogP contribution in [0.15, 0.2) is 0 Å². The molecule has 0 fully saturated rings. The Morgan fingerprint density at radius 2 is 1.13 bits per heavy atom. The van der Waals surface area contributed by atoms with Crippen molar-refractivity contribution in [3.63, 3.8) is 0 Å². The molecule has 0 atom stereocenters. The topological polar surface area (TPSA) is 18.5 Å². The molecule has 0 aliphatic rings. The van der Waals surface area contributed by atoms with Crippen LogP contribution in [0, 0.1) is 0 Å². The fourth-order valence-electron chi connectivity index (χ4n) is 2.36. The first-order chi connectivity index (χ1) is 11.3. The average Bonchev–Trinajstić information content (AvgIpc) is 2.56. The Bertz CT molecular complexity index is 208. The summed E-state index contributed by atoms with van der Waals surface area (Å²) in [6.45, 7) is 8.54. The maximum atomic E-state index is 6.02. The lowest BCUT2D eigenvalue weighted by Crippen LogP contribution is -2.24. The zero-order valence-electron chi connectivity index (χ0n) is 16.1. The number of hydrogen-bond acceptors (Lipinski definition) is 3. The first-order valence-corrected chi connectivity index (χ1v) is 13.1. The third-order valence-corrected chi connectivity index (χ3v) is 7.22. The lowest BCUT2D eigenvalue weighted by Gasteiger charge is -2.16. The Labute approximate surface area is 152 Å². The Morgan fingerprint density at radius 3 is 1.70 bits per heavy atom. The largest absolute Gasteiger partial charge is 0.397 e. The maximum absolute atomic E-state index is 6.02. The van der Waals surface area contributed by atoms with E-state index in [0.29, 0.717) is 0 Å². The van der Waals surface area contributed by atoms with Crippen molar-refractivity contribution in [1.82, 2.24) is 0 Å². The molecule has 0 unspecified atom stereocenters. The van der Waals surface area contributed by atoms with Crippen LogP contribution in [0.5, 0.6) is 0 Å². The van der Waals surface area contributed by atoms with Gasteiger partial charge < -0.3 is 8.85 Å². The highest BCUT2D eigenvalue weighted by molar-refractivity contribution is 7.99. The second-order valence-electron chi connectivity index (χ2n) is 6.40. The maximum Gasteiger partial charge on any atom is 0.321 e. The van der Waals surface area contributed by atoms with Gasteiger partial charge in [0.15, 0.2) is 0 Å². The quantitative estimate of drug-likeness (QED) is 0.198. The van der Waals surface area contributed by atoms with E-state index in [4.69, 9.17) is 8.85 Å². The molecule has 0 aromatic carbocycles. The molecule has 0 bridgehead atoms. The van der Waals surface area contributed by atoms with E-state index >= 15 is 0 Å². The first kappa shape index (κ1) is 23.5. The molecule has 2 nitrogen and oxygen atoms in total. The highest BCUT2D eigenvalue weighted by Gasteiger charge is 2.12. The Kier molecular flexibility index (Phi) is 21.0. The SMILES string of the molecule is CCCCCCCSCCCC[SiH](OCCCC)OCCCC. The summed E-state index contributed by atoms with van der Waals surface area (Å²) < 4.78 is 12.0. The molecule has 4 heteroatoms. The minimum absolute atomic E-state index is 0.909. The molecule has 0 saturated carbocycles. The van der Waals surface area contributed by atoms with Crippen LogP contribution in [0.4, 0.5) is 0 Å². The van der Waals surface area contributed by atoms with Gasteiger partial charge in [0.1, 0.15) is 0 Å². The van der Waals surface area contributed by atoms with Crippen molar-refractivity contribution in [2.75, 3.05) is 24.7 Å². The number of unbranched alkanes of at least 4 members (excludes halogenated alkanes) is 7. The fraction of sp³-hybridized carbons (Fsp3) is 1.00. The van der Waals surface area contributed by atoms with E-state index < -0.39 is 9.28 Å². The third kappa shape index (κ3) is 18.7. The summed E-state index contributed by atoms with van der Waals surface area (Å²) in [7, 11) is -1.38. The van der Waals surface area contributed by atoms with Crippen LogP contribution in [0.1, 0.15) is 91.4 Å². The molecule has 23 heavy (non-hydrogen) atoms. The van der Waals surface area contributed by atoms with E-state index in [9.17, 15) is 0 Å². The Hall–Kier alpha value is 0.487. The second-order valence-corrected chi connectivity index (χ2v) is 9.73. The molecule has 0 aromatic heterocycles. The van der Waals surface area contributed by atoms with E-state index in [1.165, 1.54) is 88.2 Å². The molecule has 140 valence electrons. The van der Waals surface area contributed by atoms with Crippen molar-refractivity contribution in [3.05, 3.63) is 0 Å². The van der Waals surface area contributed by atoms with Crippen LogP contribution in [-0.4, -0.2) is 34.0 Å². The van der Waals surface area contributed by atoms with Crippen molar-refractivity contribution in [2.45, 2.75) is 97.4 Å². The summed E-state index contributed by atoms with van der Waals surface area (Å²) in [6, 6.07) is 1.20. The van der Waals surface area contributed by atoms with Gasteiger partial charge >= 0.3 is 9.28 Å². The summed E-state index contributed by atoms with van der Waals surface area (Å²) in [5, 5.41) is 0. The summed E-state index contributed by atoms with van der Waals surface area (Å²) >= 11 is 2.14. The van der Waals surface area contributed by atoms with Crippen molar-refractivity contribution in [2.24, 2.45) is 0 Å². The van der Waals surface area contributed by atoms with Gasteiger partial charge in [-0.15, -0.1) is 0 Å². The summed E-state index contributed by atoms with van der Waals surface area (Å²) in [5.41, 5.74) is 0. The molecule has 0 amide bonds. The van der Waals surface area contributed by atoms with Gasteiger partial charge in [-0.05, 0) is 43.2 Å². The van der Waals surface area contributed by atoms with Crippen LogP contribution in [0.3, 0.4) is 0 Å². The lowest BCUT2D eigenvalue weighted by atomic mass is 10.2. The van der Waals surface area contributed by atoms with E-state index in [1.54, 1.807) is 0 Å². The zero-order chi connectivity index (χ0) is 17.0. The number of hydrogen-bond donors (Lipinski definition) is 0. The normalized spacial score (nSPS) is 11.5. The van der Waals surface area contributed by atoms with Gasteiger partial charge in [-0.2, -0.15) is 11.8 Å². The smallest absolute Gasteiger partial charge is 0.321 e. The molecule has 0 saturated heterocycles. The molecule has 0 rings (SSSR count). The lowest BCUT2D eigenvalue weighted by molar-refractivity contribution is 0.191. The second kappa shape index (κ2) is 20.5. The van der Waals surface area contributed by atoms with Gasteiger partial charge in [-0.3, -0.25) is 0 Å². The van der Waals surface area contributed by atoms with Gasteiger partial charge in [-0.25, -0.2) is 0 Å². The molecular formula is C19H42O2SSi. The van der Waals surface area contributed by atoms with Crippen LogP contribution in [-0.2, 0) is 8.85 Å². The molecular weight excluding hydrogens is 320 g/mol. The highest BCUT2D eigenvalue weighted by atomic mass is 32.2. The highest BCUT2D eigenvalue weighted by Crippen LogP contribution is 2.13. The molecule has 0 aromatic rings. The summed E-state index contributed by atoms with van der Waals surface area (Å²) in [5.74, 6) is 2.67. The van der Waals surface area contributed by atoms with Gasteiger partial charge in [0.05, 0.1) is 0 Å². The monoisotopic (exact) mass is 362 g/mol. The van der Waals surface area contributed by atoms with Crippen molar-refractivity contribution < 1.29 is 8.85 Å². The van der Waals surface area contributed by atoms with Gasteiger partial charge in [-0.1, -0.05) is 65.7 Å². The van der Waals surface area contributed by atoms with Crippen molar-refractivity contribution >= 4 is 21.0 Å². The zero-order valence-corrected chi connectivity index (χ0v) is 18.1. The van der Waals surface area contributed by atoms with Crippen molar-refractivity contribution in [1.29, 1.82) is 0 Å². The van der Waals surface area contributed by atoms with E-state index in [-0.39, 0.29) is 0 Å². The molecule has 0 aliphatic carbocycles. The van der Waals surface area contributed by atoms with E-state index in [2.05, 4.69) is 32.5 Å². The van der Waals surface area contributed by atoms with Gasteiger partial charge in [0.2, 0.25) is 0 Å². The summed E-state index contributed by atoms with van der Waals surface area (Å²) in [6.07, 6.45) is 14.4. The van der Waals surface area contributed by atoms with E-state index in [1.807, 2.05) is 0 Å². The first-order valence-electron chi connectivity index (χ1n) is 10.2. The standard InChI is InChI=1S/C19H42O2SSi/c1-4-7-10-11-12-17-22-18-13-14-19-23(20-15-8-5-2)21-16-9-6-3/h23H,4-19H2,1-3H3. The molecule has 0 N–H and O–H groups in total. The molecule has 0 spiro atoms.